The highest BCUT2D eigenvalue weighted by Crippen LogP contribution is 2.22. The topological polar surface area (TPSA) is 27.7 Å². The summed E-state index contributed by atoms with van der Waals surface area (Å²) in [5, 5.41) is 0. The average molecular weight is 385 g/mol. The first-order valence-electron chi connectivity index (χ1n) is 10.3. The predicted octanol–water partition coefficient (Wildman–Crippen LogP) is 6.15. The van der Waals surface area contributed by atoms with E-state index < -0.39 is 8.80 Å². The van der Waals surface area contributed by atoms with Crippen LogP contribution in [0.15, 0.2) is 24.3 Å². The lowest BCUT2D eigenvalue weighted by Gasteiger charge is -2.29. The lowest BCUT2D eigenvalue weighted by atomic mass is 10.1. The minimum absolute atomic E-state index is 0.146. The smallest absolute Gasteiger partial charge is 0.373 e. The Balaban J connectivity index is 2.38. The van der Waals surface area contributed by atoms with Crippen molar-refractivity contribution >= 4 is 8.80 Å². The van der Waals surface area contributed by atoms with Gasteiger partial charge in [-0.25, -0.2) is 4.39 Å². The number of unbranched alkanes of at least 4 members (excludes halogenated alkanes) is 3. The predicted molar refractivity (Wildman–Crippen MR) is 108 cm³/mol. The Morgan fingerprint density at radius 1 is 0.808 bits per heavy atom. The molecule has 3 nitrogen and oxygen atoms in total. The van der Waals surface area contributed by atoms with Crippen molar-refractivity contribution in [2.45, 2.75) is 78.2 Å². The van der Waals surface area contributed by atoms with Crippen LogP contribution < -0.4 is 0 Å². The van der Waals surface area contributed by atoms with Crippen molar-refractivity contribution in [3.8, 4) is 0 Å². The van der Waals surface area contributed by atoms with E-state index in [1.165, 1.54) is 6.07 Å². The van der Waals surface area contributed by atoms with Gasteiger partial charge in [0, 0.05) is 25.9 Å². The van der Waals surface area contributed by atoms with Gasteiger partial charge in [-0.05, 0) is 56.2 Å². The summed E-state index contributed by atoms with van der Waals surface area (Å²) in [6.45, 7) is 8.47. The average Bonchev–Trinajstić information content (AvgIpc) is 2.65. The summed E-state index contributed by atoms with van der Waals surface area (Å²) in [4.78, 5) is 0. The minimum atomic E-state index is -2.54. The maximum atomic E-state index is 13.2. The summed E-state index contributed by atoms with van der Waals surface area (Å²) in [5.41, 5.74) is 1.08. The number of benzene rings is 1. The number of rotatable bonds is 16. The van der Waals surface area contributed by atoms with E-state index in [-0.39, 0.29) is 5.82 Å². The van der Waals surface area contributed by atoms with Crippen LogP contribution in [0.5, 0.6) is 0 Å². The number of hydrogen-bond acceptors (Lipinski definition) is 3. The van der Waals surface area contributed by atoms with Gasteiger partial charge < -0.3 is 13.3 Å². The van der Waals surface area contributed by atoms with Crippen LogP contribution in [-0.4, -0.2) is 28.6 Å². The van der Waals surface area contributed by atoms with Crippen LogP contribution in [0.25, 0.3) is 0 Å². The Kier molecular flexibility index (Phi) is 12.8. The van der Waals surface area contributed by atoms with Crippen molar-refractivity contribution < 1.29 is 17.7 Å². The van der Waals surface area contributed by atoms with E-state index in [4.69, 9.17) is 13.3 Å². The van der Waals surface area contributed by atoms with Gasteiger partial charge in [0.25, 0.3) is 0 Å². The first-order chi connectivity index (χ1) is 12.7. The third-order valence-electron chi connectivity index (χ3n) is 4.17. The second kappa shape index (κ2) is 14.3. The SMILES string of the molecule is CCCO[Si](CCCCCCc1cccc(F)c1)(OCCC)OCCC. The molecule has 150 valence electrons. The van der Waals surface area contributed by atoms with Gasteiger partial charge in [0.15, 0.2) is 0 Å². The number of halogens is 1. The summed E-state index contributed by atoms with van der Waals surface area (Å²) in [7, 11) is -2.54. The molecule has 0 atom stereocenters. The molecule has 0 aliphatic rings. The van der Waals surface area contributed by atoms with Gasteiger partial charge >= 0.3 is 8.80 Å². The van der Waals surface area contributed by atoms with Crippen molar-refractivity contribution in [1.82, 2.24) is 0 Å². The monoisotopic (exact) mass is 384 g/mol. The molecule has 0 saturated carbocycles. The highest BCUT2D eigenvalue weighted by atomic mass is 28.4. The van der Waals surface area contributed by atoms with Crippen LogP contribution in [-0.2, 0) is 19.7 Å². The first kappa shape index (κ1) is 23.3. The van der Waals surface area contributed by atoms with E-state index in [1.54, 1.807) is 12.1 Å². The highest BCUT2D eigenvalue weighted by molar-refractivity contribution is 6.60. The number of hydrogen-bond donors (Lipinski definition) is 0. The van der Waals surface area contributed by atoms with Gasteiger partial charge in [-0.2, -0.15) is 0 Å². The molecule has 0 N–H and O–H groups in total. The van der Waals surface area contributed by atoms with Crippen molar-refractivity contribution in [3.63, 3.8) is 0 Å². The Morgan fingerprint density at radius 3 is 1.92 bits per heavy atom. The first-order valence-corrected chi connectivity index (χ1v) is 12.2. The third kappa shape index (κ3) is 9.81. The fourth-order valence-corrected chi connectivity index (χ4v) is 5.74. The highest BCUT2D eigenvalue weighted by Gasteiger charge is 2.40. The molecule has 1 aromatic carbocycles. The Hall–Kier alpha value is -0.753. The van der Waals surface area contributed by atoms with Gasteiger partial charge in [-0.15, -0.1) is 0 Å². The molecular formula is C21H37FO3Si. The molecule has 5 heteroatoms. The van der Waals surface area contributed by atoms with Crippen LogP contribution in [0.3, 0.4) is 0 Å². The van der Waals surface area contributed by atoms with E-state index >= 15 is 0 Å². The zero-order valence-electron chi connectivity index (χ0n) is 16.9. The summed E-state index contributed by atoms with van der Waals surface area (Å²) in [6, 6.07) is 7.81. The molecule has 0 aromatic heterocycles. The molecule has 1 aromatic rings. The summed E-state index contributed by atoms with van der Waals surface area (Å²) in [5.74, 6) is -0.146. The standard InChI is InChI=1S/C21H37FO3Si/c1-4-15-23-26(24-16-5-2,25-17-6-3)18-10-8-7-9-12-20-13-11-14-21(22)19-20/h11,13-14,19H,4-10,12,15-18H2,1-3H3. The second-order valence-electron chi connectivity index (χ2n) is 6.77. The quantitative estimate of drug-likeness (QED) is 0.253. The van der Waals surface area contributed by atoms with Crippen LogP contribution >= 0.6 is 0 Å². The molecule has 26 heavy (non-hydrogen) atoms. The van der Waals surface area contributed by atoms with Crippen molar-refractivity contribution in [2.75, 3.05) is 19.8 Å². The molecule has 0 fully saturated rings. The summed E-state index contributed by atoms with van der Waals surface area (Å²) < 4.78 is 31.6. The van der Waals surface area contributed by atoms with E-state index in [2.05, 4.69) is 20.8 Å². The van der Waals surface area contributed by atoms with Crippen LogP contribution in [0.2, 0.25) is 6.04 Å². The lowest BCUT2D eigenvalue weighted by molar-refractivity contribution is 0.0586. The van der Waals surface area contributed by atoms with Crippen LogP contribution in [0.1, 0.15) is 71.3 Å². The van der Waals surface area contributed by atoms with Crippen LogP contribution in [0.4, 0.5) is 4.39 Å². The van der Waals surface area contributed by atoms with Gasteiger partial charge in [-0.3, -0.25) is 0 Å². The molecule has 0 spiro atoms. The molecule has 0 unspecified atom stereocenters. The third-order valence-corrected chi connectivity index (χ3v) is 7.06. The molecule has 0 amide bonds. The van der Waals surface area contributed by atoms with E-state index in [9.17, 15) is 4.39 Å². The second-order valence-corrected chi connectivity index (χ2v) is 9.50. The van der Waals surface area contributed by atoms with Gasteiger partial charge in [0.1, 0.15) is 5.82 Å². The Morgan fingerprint density at radius 2 is 1.38 bits per heavy atom. The molecule has 0 bridgehead atoms. The Bertz CT molecular complexity index is 449. The van der Waals surface area contributed by atoms with Crippen molar-refractivity contribution in [3.05, 3.63) is 35.6 Å². The van der Waals surface area contributed by atoms with E-state index in [1.807, 2.05) is 6.07 Å². The van der Waals surface area contributed by atoms with Gasteiger partial charge in [0.2, 0.25) is 0 Å². The zero-order chi connectivity index (χ0) is 19.1. The van der Waals surface area contributed by atoms with Crippen LogP contribution in [0, 0.1) is 5.82 Å². The summed E-state index contributed by atoms with van der Waals surface area (Å²) >= 11 is 0. The zero-order valence-corrected chi connectivity index (χ0v) is 17.9. The molecule has 0 saturated heterocycles. The largest absolute Gasteiger partial charge is 0.500 e. The molecule has 0 aliphatic carbocycles. The maximum Gasteiger partial charge on any atom is 0.500 e. The molecule has 0 aliphatic heterocycles. The fraction of sp³-hybridized carbons (Fsp3) is 0.714. The van der Waals surface area contributed by atoms with E-state index in [0.29, 0.717) is 19.8 Å². The molecular weight excluding hydrogens is 347 g/mol. The normalized spacial score (nSPS) is 11.8. The van der Waals surface area contributed by atoms with Gasteiger partial charge in [-0.1, -0.05) is 45.7 Å². The lowest BCUT2D eigenvalue weighted by Crippen LogP contribution is -2.46. The maximum absolute atomic E-state index is 13.2. The minimum Gasteiger partial charge on any atom is -0.373 e. The molecule has 0 radical (unpaired) electrons. The molecule has 1 rings (SSSR count). The van der Waals surface area contributed by atoms with E-state index in [0.717, 1.165) is 63.0 Å². The van der Waals surface area contributed by atoms with Crippen molar-refractivity contribution in [1.29, 1.82) is 0 Å². The fourth-order valence-electron chi connectivity index (χ4n) is 2.83. The van der Waals surface area contributed by atoms with Gasteiger partial charge in [0.05, 0.1) is 0 Å². The van der Waals surface area contributed by atoms with Crippen molar-refractivity contribution in [2.24, 2.45) is 0 Å². The summed E-state index contributed by atoms with van der Waals surface area (Å²) in [6.07, 6.45) is 8.28. The number of aryl methyl sites for hydroxylation is 1. The Labute approximate surface area is 160 Å². The molecule has 0 heterocycles.